The topological polar surface area (TPSA) is 71.4 Å². The molecule has 0 aliphatic heterocycles. The van der Waals surface area contributed by atoms with Crippen LogP contribution in [0.4, 0.5) is 0 Å². The maximum atomic E-state index is 8.67. The number of rotatable bonds is 0. The largest absolute Gasteiger partial charge is 0.483 e. The summed E-state index contributed by atoms with van der Waals surface area (Å²) in [5.41, 5.74) is 0.889. The first kappa shape index (κ1) is 87.2. The summed E-state index contributed by atoms with van der Waals surface area (Å²) in [6, 6.07) is 0. The van der Waals surface area contributed by atoms with E-state index >= 15 is 0 Å². The van der Waals surface area contributed by atoms with Crippen LogP contribution in [0.5, 0.6) is 0 Å². The fraction of sp³-hybridized carbons (Fsp3) is 0.692. The van der Waals surface area contributed by atoms with Crippen LogP contribution >= 0.6 is 50.1 Å². The molecule has 0 fully saturated rings. The molecule has 0 aromatic heterocycles. The number of carboxylic acid groups (broad SMARTS) is 1. The fourth-order valence-electron chi connectivity index (χ4n) is 0. The van der Waals surface area contributed by atoms with E-state index in [1.807, 2.05) is 55.4 Å². The second-order valence-corrected chi connectivity index (χ2v) is 1.69. The van der Waals surface area contributed by atoms with E-state index in [9.17, 15) is 0 Å². The molecule has 1 N–H and O–H groups in total. The number of carbonyl (C=O) groups excluding carboxylic acids is 2. The Kier molecular flexibility index (Phi) is 968. The molecule has 0 unspecified atom stereocenters. The molecule has 172 valence electrons. The maximum Gasteiger partial charge on any atom is 0.290 e. The maximum absolute atomic E-state index is 8.67. The molecule has 25 heavy (non-hydrogen) atoms. The minimum absolute atomic E-state index is 0. The number of thiol groups is 3. The van der Waals surface area contributed by atoms with E-state index in [0.717, 1.165) is 0 Å². The first-order valence-corrected chi connectivity index (χ1v) is 8.00. The Morgan fingerprint density at radius 2 is 0.640 bits per heavy atom. The van der Waals surface area contributed by atoms with E-state index in [4.69, 9.17) is 19.5 Å². The normalized spacial score (nSPS) is 3.00. The van der Waals surface area contributed by atoms with Crippen LogP contribution in [0.1, 0.15) is 62.8 Å². The molecule has 12 heteroatoms. The SMILES string of the molecule is C.CC.CC.CC.CC.O=CO.O=CS.O=CS.S=CS.[Tb].[Tb].[Tb].[Tb]. The quantitative estimate of drug-likeness (QED) is 0.146. The van der Waals surface area contributed by atoms with Gasteiger partial charge in [-0.3, -0.25) is 14.4 Å². The van der Waals surface area contributed by atoms with Crippen LogP contribution in [0.2, 0.25) is 0 Å². The molecule has 0 saturated heterocycles. The van der Waals surface area contributed by atoms with E-state index in [-0.39, 0.29) is 168 Å². The van der Waals surface area contributed by atoms with Crippen LogP contribution in [-0.4, -0.2) is 27.5 Å². The molecule has 0 rings (SSSR count). The summed E-state index contributed by atoms with van der Waals surface area (Å²) >= 11 is 13.8. The average Bonchev–Trinajstić information content (AvgIpc) is 2.50. The fourth-order valence-corrected chi connectivity index (χ4v) is 0. The van der Waals surface area contributed by atoms with Gasteiger partial charge in [0.25, 0.3) is 6.47 Å². The van der Waals surface area contributed by atoms with E-state index in [2.05, 4.69) is 50.1 Å². The van der Waals surface area contributed by atoms with Crippen molar-refractivity contribution < 1.29 is 174 Å². The van der Waals surface area contributed by atoms with Crippen LogP contribution in [0.3, 0.4) is 0 Å². The van der Waals surface area contributed by atoms with E-state index in [1.54, 1.807) is 0 Å². The van der Waals surface area contributed by atoms with Crippen molar-refractivity contribution in [2.75, 3.05) is 0 Å². The molecule has 0 bridgehead atoms. The van der Waals surface area contributed by atoms with Gasteiger partial charge in [-0.2, -0.15) is 0 Å². The molecule has 0 aliphatic carbocycles. The number of hydrogen-bond donors (Lipinski definition) is 4. The third-order valence-electron chi connectivity index (χ3n) is 0. The first-order valence-electron chi connectivity index (χ1n) is 5.98. The van der Waals surface area contributed by atoms with E-state index in [1.165, 1.54) is 4.70 Å². The Balaban J connectivity index is -0.00000000586. The van der Waals surface area contributed by atoms with Gasteiger partial charge in [0.1, 0.15) is 0 Å². The van der Waals surface area contributed by atoms with Crippen LogP contribution < -0.4 is 0 Å². The van der Waals surface area contributed by atoms with Gasteiger partial charge >= 0.3 is 0 Å². The van der Waals surface area contributed by atoms with Crippen LogP contribution in [0.15, 0.2) is 0 Å². The smallest absolute Gasteiger partial charge is 0.290 e. The summed E-state index contributed by atoms with van der Waals surface area (Å²) in [4.78, 5) is 25.7. The van der Waals surface area contributed by atoms with Crippen molar-refractivity contribution in [3.63, 3.8) is 0 Å². The van der Waals surface area contributed by atoms with Crippen molar-refractivity contribution in [1.82, 2.24) is 0 Å². The molecule has 0 aromatic rings. The van der Waals surface area contributed by atoms with Gasteiger partial charge in [-0.15, -0.1) is 37.9 Å². The van der Waals surface area contributed by atoms with E-state index in [0.29, 0.717) is 11.2 Å². The zero-order chi connectivity index (χ0) is 18.8. The summed E-state index contributed by atoms with van der Waals surface area (Å²) in [7, 11) is 0. The monoisotopic (exact) mass is 1020 g/mol. The van der Waals surface area contributed by atoms with Gasteiger partial charge in [0, 0.05) is 159 Å². The molecule has 0 aliphatic rings. The van der Waals surface area contributed by atoms with Crippen LogP contribution in [0.25, 0.3) is 0 Å². The Morgan fingerprint density at radius 3 is 0.640 bits per heavy atom. The van der Waals surface area contributed by atoms with Crippen LogP contribution in [0, 0.1) is 154 Å². The van der Waals surface area contributed by atoms with E-state index < -0.39 is 0 Å². The molecule has 0 saturated carbocycles. The minimum atomic E-state index is -0.250. The van der Waals surface area contributed by atoms with Gasteiger partial charge in [-0.25, -0.2) is 0 Å². The second kappa shape index (κ2) is 278. The predicted octanol–water partition coefficient (Wildman–Crippen LogP) is 5.53. The standard InChI is InChI=1S/4C2H6.CH2O2.2CH2OS.CH2S2.CH4.4Tb/c4*1-2;4*2-1-3;;;;;/h4*1-2H3;4*1H,(H,2,3);1H4;;;;. The van der Waals surface area contributed by atoms with Gasteiger partial charge in [-0.1, -0.05) is 75.0 Å². The van der Waals surface area contributed by atoms with Gasteiger partial charge in [0.05, 0.1) is 0 Å². The van der Waals surface area contributed by atoms with Crippen molar-refractivity contribution >= 4 is 72.5 Å². The number of carbonyl (C=O) groups is 3. The van der Waals surface area contributed by atoms with Crippen LogP contribution in [-0.2, 0) is 14.4 Å². The predicted molar refractivity (Wildman–Crippen MR) is 115 cm³/mol. The Bertz CT molecular complexity index is 98.0. The third kappa shape index (κ3) is 823. The Morgan fingerprint density at radius 1 is 0.640 bits per heavy atom. The third-order valence-corrected chi connectivity index (χ3v) is 0. The molecule has 4 radical (unpaired) electrons. The van der Waals surface area contributed by atoms with Crippen molar-refractivity contribution in [3.05, 3.63) is 0 Å². The molecule has 0 spiro atoms. The molecule has 0 heterocycles. The molecule has 0 aromatic carbocycles. The summed E-state index contributed by atoms with van der Waals surface area (Å²) in [5, 5.41) is 6.89. The average molecular weight is 1020 g/mol. The van der Waals surface area contributed by atoms with Gasteiger partial charge in [-0.05, 0) is 0 Å². The summed E-state index contributed by atoms with van der Waals surface area (Å²) in [6.45, 7) is 15.8. The Labute approximate surface area is 302 Å². The first-order chi connectivity index (χ1) is 9.66. The molecule has 0 amide bonds. The summed E-state index contributed by atoms with van der Waals surface area (Å²) in [6.07, 6.45) is 0. The van der Waals surface area contributed by atoms with Gasteiger partial charge < -0.3 is 5.11 Å². The van der Waals surface area contributed by atoms with Gasteiger partial charge in [0.15, 0.2) is 11.2 Å². The molecule has 4 nitrogen and oxygen atoms in total. The molecular weight excluding hydrogens is 984 g/mol. The number of hydrogen-bond acceptors (Lipinski definition) is 4. The summed E-state index contributed by atoms with van der Waals surface area (Å²) in [5.74, 6) is 0. The second-order valence-electron chi connectivity index (χ2n) is 0.422. The Hall–Kier alpha value is 5.09. The molecule has 0 atom stereocenters. The number of thiocarbonyl (C=S) groups is 1. The molecular formula is C13H36O4S4Tb4. The van der Waals surface area contributed by atoms with Gasteiger partial charge in [0.2, 0.25) is 0 Å². The minimum Gasteiger partial charge on any atom is -0.483 e. The summed E-state index contributed by atoms with van der Waals surface area (Å²) < 4.78 is 1.28. The van der Waals surface area contributed by atoms with Crippen molar-refractivity contribution in [2.45, 2.75) is 62.8 Å². The van der Waals surface area contributed by atoms with Crippen molar-refractivity contribution in [3.8, 4) is 0 Å². The zero-order valence-electron chi connectivity index (χ0n) is 15.1. The zero-order valence-corrected chi connectivity index (χ0v) is 27.1. The van der Waals surface area contributed by atoms with Crippen molar-refractivity contribution in [1.29, 1.82) is 0 Å². The van der Waals surface area contributed by atoms with Crippen molar-refractivity contribution in [2.24, 2.45) is 0 Å².